The number of amides is 1. The van der Waals surface area contributed by atoms with Crippen LogP contribution in [0, 0.1) is 21.4 Å². The van der Waals surface area contributed by atoms with Crippen LogP contribution in [0.15, 0.2) is 36.0 Å². The minimum absolute atomic E-state index is 0.0800. The summed E-state index contributed by atoms with van der Waals surface area (Å²) in [6.45, 7) is 0.743. The van der Waals surface area contributed by atoms with Crippen LogP contribution in [-0.2, 0) is 4.79 Å². The van der Waals surface area contributed by atoms with Crippen LogP contribution in [0.5, 0.6) is 0 Å². The summed E-state index contributed by atoms with van der Waals surface area (Å²) in [5.74, 6) is -0.593. The lowest BCUT2D eigenvalue weighted by Crippen LogP contribution is -2.17. The molecule has 0 unspecified atom stereocenters. The van der Waals surface area contributed by atoms with Crippen LogP contribution in [0.1, 0.15) is 19.3 Å². The zero-order valence-corrected chi connectivity index (χ0v) is 12.5. The van der Waals surface area contributed by atoms with Gasteiger partial charge in [-0.05, 0) is 31.4 Å². The van der Waals surface area contributed by atoms with Crippen molar-refractivity contribution in [3.8, 4) is 6.07 Å². The molecule has 0 saturated heterocycles. The Morgan fingerprint density at radius 2 is 2.00 bits per heavy atom. The van der Waals surface area contributed by atoms with Gasteiger partial charge in [-0.1, -0.05) is 0 Å². The largest absolute Gasteiger partial charge is 0.396 e. The van der Waals surface area contributed by atoms with Crippen molar-refractivity contribution in [2.24, 2.45) is 0 Å². The van der Waals surface area contributed by atoms with Crippen molar-refractivity contribution in [3.05, 3.63) is 46.2 Å². The van der Waals surface area contributed by atoms with Gasteiger partial charge >= 0.3 is 0 Å². The van der Waals surface area contributed by atoms with E-state index >= 15 is 0 Å². The standard InChI is InChI=1S/C15H18N4O4/c16-10-12(11-17-8-2-1-3-9-20)15(21)18-13-4-6-14(7-5-13)19(22)23/h4-7,11,17,20H,1-3,8-9H2,(H,18,21)/b12-11-. The van der Waals surface area contributed by atoms with E-state index in [1.165, 1.54) is 30.5 Å². The molecule has 0 radical (unpaired) electrons. The van der Waals surface area contributed by atoms with Crippen LogP contribution in [0.4, 0.5) is 11.4 Å². The smallest absolute Gasteiger partial charge is 0.269 e. The molecule has 8 heteroatoms. The van der Waals surface area contributed by atoms with E-state index < -0.39 is 10.8 Å². The van der Waals surface area contributed by atoms with Crippen molar-refractivity contribution >= 4 is 17.3 Å². The lowest BCUT2D eigenvalue weighted by atomic mass is 10.2. The SMILES string of the molecule is N#C/C(=C/NCCCCCO)C(=O)Nc1ccc([N+](=O)[O-])cc1. The summed E-state index contributed by atoms with van der Waals surface area (Å²) in [7, 11) is 0. The molecule has 1 amide bonds. The first-order valence-corrected chi connectivity index (χ1v) is 7.08. The molecule has 0 spiro atoms. The van der Waals surface area contributed by atoms with E-state index in [0.717, 1.165) is 19.3 Å². The molecule has 23 heavy (non-hydrogen) atoms. The van der Waals surface area contributed by atoms with Crippen molar-refractivity contribution in [1.82, 2.24) is 5.32 Å². The fourth-order valence-electron chi connectivity index (χ4n) is 1.70. The second kappa shape index (κ2) is 9.92. The third-order valence-corrected chi connectivity index (χ3v) is 2.93. The summed E-state index contributed by atoms with van der Waals surface area (Å²) >= 11 is 0. The summed E-state index contributed by atoms with van der Waals surface area (Å²) in [4.78, 5) is 21.9. The molecule has 0 aliphatic heterocycles. The molecule has 0 fully saturated rings. The fraction of sp³-hybridized carbons (Fsp3) is 0.333. The van der Waals surface area contributed by atoms with Crippen LogP contribution in [0.2, 0.25) is 0 Å². The minimum Gasteiger partial charge on any atom is -0.396 e. The zero-order valence-electron chi connectivity index (χ0n) is 12.5. The highest BCUT2D eigenvalue weighted by Gasteiger charge is 2.10. The molecule has 122 valence electrons. The van der Waals surface area contributed by atoms with Gasteiger partial charge in [0.25, 0.3) is 11.6 Å². The number of benzene rings is 1. The summed E-state index contributed by atoms with van der Waals surface area (Å²) in [5.41, 5.74) is 0.193. The Labute approximate surface area is 133 Å². The molecule has 1 aromatic carbocycles. The maximum atomic E-state index is 11.9. The molecule has 0 heterocycles. The number of hydrogen-bond donors (Lipinski definition) is 3. The predicted octanol–water partition coefficient (Wildman–Crippen LogP) is 1.69. The van der Waals surface area contributed by atoms with E-state index in [0.29, 0.717) is 12.2 Å². The van der Waals surface area contributed by atoms with Crippen LogP contribution in [-0.4, -0.2) is 29.1 Å². The Hall–Kier alpha value is -2.92. The van der Waals surface area contributed by atoms with Crippen LogP contribution < -0.4 is 10.6 Å². The molecule has 3 N–H and O–H groups in total. The molecule has 0 bridgehead atoms. The lowest BCUT2D eigenvalue weighted by Gasteiger charge is -2.05. The zero-order chi connectivity index (χ0) is 17.1. The number of non-ortho nitro benzene ring substituents is 1. The number of carbonyl (C=O) groups is 1. The Bertz CT molecular complexity index is 605. The summed E-state index contributed by atoms with van der Waals surface area (Å²) in [6, 6.07) is 7.12. The molecular formula is C15H18N4O4. The van der Waals surface area contributed by atoms with Crippen LogP contribution in [0.25, 0.3) is 0 Å². The van der Waals surface area contributed by atoms with Gasteiger partial charge in [-0.3, -0.25) is 14.9 Å². The molecule has 0 saturated carbocycles. The number of nitriles is 1. The highest BCUT2D eigenvalue weighted by atomic mass is 16.6. The highest BCUT2D eigenvalue weighted by Crippen LogP contribution is 2.15. The molecule has 0 aliphatic carbocycles. The van der Waals surface area contributed by atoms with Gasteiger partial charge in [0.1, 0.15) is 11.6 Å². The normalized spacial score (nSPS) is 10.7. The lowest BCUT2D eigenvalue weighted by molar-refractivity contribution is -0.384. The number of rotatable bonds is 9. The molecule has 0 aliphatic rings. The van der Waals surface area contributed by atoms with Crippen molar-refractivity contribution in [2.45, 2.75) is 19.3 Å². The average Bonchev–Trinajstić information content (AvgIpc) is 2.54. The van der Waals surface area contributed by atoms with Crippen LogP contribution in [0.3, 0.4) is 0 Å². The van der Waals surface area contributed by atoms with Crippen molar-refractivity contribution in [2.75, 3.05) is 18.5 Å². The van der Waals surface area contributed by atoms with E-state index in [2.05, 4.69) is 10.6 Å². The fourth-order valence-corrected chi connectivity index (χ4v) is 1.70. The first kappa shape index (κ1) is 18.1. The van der Waals surface area contributed by atoms with Gasteiger partial charge < -0.3 is 15.7 Å². The topological polar surface area (TPSA) is 128 Å². The van der Waals surface area contributed by atoms with Crippen molar-refractivity contribution in [3.63, 3.8) is 0 Å². The number of anilines is 1. The Morgan fingerprint density at radius 3 is 2.57 bits per heavy atom. The second-order valence-electron chi connectivity index (χ2n) is 4.67. The number of nitro groups is 1. The summed E-state index contributed by atoms with van der Waals surface area (Å²) in [5, 5.41) is 33.5. The van der Waals surface area contributed by atoms with Gasteiger partial charge in [-0.2, -0.15) is 5.26 Å². The Morgan fingerprint density at radius 1 is 1.30 bits per heavy atom. The average molecular weight is 318 g/mol. The Kier molecular flexibility index (Phi) is 7.82. The first-order valence-electron chi connectivity index (χ1n) is 7.08. The van der Waals surface area contributed by atoms with Gasteiger partial charge in [0.2, 0.25) is 0 Å². The number of nitrogens with zero attached hydrogens (tertiary/aromatic N) is 2. The van der Waals surface area contributed by atoms with E-state index in [1.807, 2.05) is 0 Å². The summed E-state index contributed by atoms with van der Waals surface area (Å²) < 4.78 is 0. The maximum absolute atomic E-state index is 11.9. The van der Waals surface area contributed by atoms with E-state index in [9.17, 15) is 14.9 Å². The number of aliphatic hydroxyl groups is 1. The van der Waals surface area contributed by atoms with E-state index in [4.69, 9.17) is 10.4 Å². The molecule has 1 rings (SSSR count). The highest BCUT2D eigenvalue weighted by molar-refractivity contribution is 6.06. The van der Waals surface area contributed by atoms with Gasteiger partial charge in [-0.25, -0.2) is 0 Å². The minimum atomic E-state index is -0.593. The van der Waals surface area contributed by atoms with Gasteiger partial charge in [0, 0.05) is 37.2 Å². The Balaban J connectivity index is 2.53. The van der Waals surface area contributed by atoms with E-state index in [1.54, 1.807) is 6.07 Å². The van der Waals surface area contributed by atoms with Crippen molar-refractivity contribution in [1.29, 1.82) is 5.26 Å². The monoisotopic (exact) mass is 318 g/mol. The number of nitrogens with one attached hydrogen (secondary N) is 2. The van der Waals surface area contributed by atoms with E-state index in [-0.39, 0.29) is 17.9 Å². The van der Waals surface area contributed by atoms with Gasteiger partial charge in [-0.15, -0.1) is 0 Å². The second-order valence-corrected chi connectivity index (χ2v) is 4.67. The summed E-state index contributed by atoms with van der Waals surface area (Å²) in [6.07, 6.45) is 3.73. The number of carbonyl (C=O) groups excluding carboxylic acids is 1. The van der Waals surface area contributed by atoms with Gasteiger partial charge in [0.05, 0.1) is 4.92 Å². The molecular weight excluding hydrogens is 300 g/mol. The van der Waals surface area contributed by atoms with Gasteiger partial charge in [0.15, 0.2) is 0 Å². The molecule has 8 nitrogen and oxygen atoms in total. The molecule has 1 aromatic rings. The number of nitro benzene ring substituents is 1. The predicted molar refractivity (Wildman–Crippen MR) is 84.4 cm³/mol. The number of hydrogen-bond acceptors (Lipinski definition) is 6. The molecule has 0 atom stereocenters. The van der Waals surface area contributed by atoms with Crippen LogP contribution >= 0.6 is 0 Å². The number of aliphatic hydroxyl groups excluding tert-OH is 1. The van der Waals surface area contributed by atoms with Crippen molar-refractivity contribution < 1.29 is 14.8 Å². The first-order chi connectivity index (χ1) is 11.1. The molecule has 0 aromatic heterocycles. The maximum Gasteiger partial charge on any atom is 0.269 e. The number of unbranched alkanes of at least 4 members (excludes halogenated alkanes) is 2. The third kappa shape index (κ3) is 6.58. The quantitative estimate of drug-likeness (QED) is 0.209. The third-order valence-electron chi connectivity index (χ3n) is 2.93.